The highest BCUT2D eigenvalue weighted by molar-refractivity contribution is 6.58. The Morgan fingerprint density at radius 1 is 0.818 bits per heavy atom. The number of rotatable bonds is 8. The molecule has 0 unspecified atom stereocenters. The number of benzene rings is 2. The second-order valence-electron chi connectivity index (χ2n) is 5.43. The molecule has 0 amide bonds. The smallest absolute Gasteiger partial charge is 0.488 e. The fourth-order valence-electron chi connectivity index (χ4n) is 2.31. The molecule has 0 radical (unpaired) electrons. The fourth-order valence-corrected chi connectivity index (χ4v) is 2.31. The van der Waals surface area contributed by atoms with Gasteiger partial charge in [0.05, 0.1) is 6.61 Å². The predicted octanol–water partition coefficient (Wildman–Crippen LogP) is 2.99. The molecule has 0 spiro atoms. The van der Waals surface area contributed by atoms with Gasteiger partial charge in [-0.25, -0.2) is 0 Å². The standard InChI is InChI=1S/C18H23BO3/c1-2-3-4-5-14-22-18-12-8-16(9-13-18)15-6-10-17(11-7-15)19(20)21/h6-13,20-21H,2-5,14H2,1H3. The van der Waals surface area contributed by atoms with Crippen molar-refractivity contribution in [2.24, 2.45) is 0 Å². The number of ether oxygens (including phenoxy) is 1. The van der Waals surface area contributed by atoms with E-state index in [0.717, 1.165) is 29.9 Å². The van der Waals surface area contributed by atoms with Gasteiger partial charge < -0.3 is 14.8 Å². The van der Waals surface area contributed by atoms with Crippen LogP contribution < -0.4 is 10.2 Å². The maximum atomic E-state index is 9.10. The molecule has 116 valence electrons. The lowest BCUT2D eigenvalue weighted by molar-refractivity contribution is 0.305. The SMILES string of the molecule is CCCCCCOc1ccc(-c2ccc(B(O)O)cc2)cc1. The minimum atomic E-state index is -1.42. The van der Waals surface area contributed by atoms with Crippen LogP contribution in [0.25, 0.3) is 11.1 Å². The lowest BCUT2D eigenvalue weighted by Crippen LogP contribution is -2.29. The van der Waals surface area contributed by atoms with Crippen LogP contribution in [0.2, 0.25) is 0 Å². The predicted molar refractivity (Wildman–Crippen MR) is 91.3 cm³/mol. The average molecular weight is 298 g/mol. The van der Waals surface area contributed by atoms with Crippen LogP contribution in [0, 0.1) is 0 Å². The second-order valence-corrected chi connectivity index (χ2v) is 5.43. The number of unbranched alkanes of at least 4 members (excludes halogenated alkanes) is 3. The van der Waals surface area contributed by atoms with E-state index in [2.05, 4.69) is 6.92 Å². The fraction of sp³-hybridized carbons (Fsp3) is 0.333. The third-order valence-corrected chi connectivity index (χ3v) is 3.66. The van der Waals surface area contributed by atoms with E-state index in [4.69, 9.17) is 14.8 Å². The van der Waals surface area contributed by atoms with Gasteiger partial charge in [0.25, 0.3) is 0 Å². The molecule has 0 saturated carbocycles. The van der Waals surface area contributed by atoms with Crippen molar-refractivity contribution in [3.8, 4) is 16.9 Å². The molecule has 3 nitrogen and oxygen atoms in total. The van der Waals surface area contributed by atoms with Crippen molar-refractivity contribution in [3.05, 3.63) is 48.5 Å². The first-order valence-electron chi connectivity index (χ1n) is 7.90. The Balaban J connectivity index is 1.91. The van der Waals surface area contributed by atoms with E-state index in [-0.39, 0.29) is 0 Å². The first-order valence-corrected chi connectivity index (χ1v) is 7.90. The summed E-state index contributed by atoms with van der Waals surface area (Å²) in [7, 11) is -1.42. The van der Waals surface area contributed by atoms with Crippen LogP contribution in [0.15, 0.2) is 48.5 Å². The monoisotopic (exact) mass is 298 g/mol. The zero-order chi connectivity index (χ0) is 15.8. The Bertz CT molecular complexity index is 550. The van der Waals surface area contributed by atoms with Crippen molar-refractivity contribution in [1.29, 1.82) is 0 Å². The van der Waals surface area contributed by atoms with Crippen molar-refractivity contribution >= 4 is 12.6 Å². The molecule has 4 heteroatoms. The molecule has 2 rings (SSSR count). The van der Waals surface area contributed by atoms with E-state index in [1.165, 1.54) is 19.3 Å². The van der Waals surface area contributed by atoms with Crippen LogP contribution in [0.1, 0.15) is 32.6 Å². The van der Waals surface area contributed by atoms with E-state index in [1.54, 1.807) is 12.1 Å². The van der Waals surface area contributed by atoms with Gasteiger partial charge in [-0.05, 0) is 35.1 Å². The van der Waals surface area contributed by atoms with Gasteiger partial charge >= 0.3 is 7.12 Å². The third-order valence-electron chi connectivity index (χ3n) is 3.66. The lowest BCUT2D eigenvalue weighted by Gasteiger charge is -2.08. The molecule has 0 aliphatic carbocycles. The van der Waals surface area contributed by atoms with E-state index >= 15 is 0 Å². The number of hydrogen-bond acceptors (Lipinski definition) is 3. The first kappa shape index (κ1) is 16.6. The van der Waals surface area contributed by atoms with Gasteiger partial charge in [0, 0.05) is 0 Å². The summed E-state index contributed by atoms with van der Waals surface area (Å²) < 4.78 is 5.73. The molecule has 0 aromatic heterocycles. The maximum absolute atomic E-state index is 9.10. The minimum absolute atomic E-state index is 0.496. The Labute approximate surface area is 132 Å². The van der Waals surface area contributed by atoms with Gasteiger partial charge in [0.15, 0.2) is 0 Å². The normalized spacial score (nSPS) is 10.5. The van der Waals surface area contributed by atoms with Gasteiger partial charge in [0.1, 0.15) is 5.75 Å². The molecule has 0 fully saturated rings. The van der Waals surface area contributed by atoms with Gasteiger partial charge in [-0.3, -0.25) is 0 Å². The molecule has 0 bridgehead atoms. The van der Waals surface area contributed by atoms with Crippen molar-refractivity contribution in [2.75, 3.05) is 6.61 Å². The lowest BCUT2D eigenvalue weighted by atomic mass is 9.80. The van der Waals surface area contributed by atoms with E-state index < -0.39 is 7.12 Å². The third kappa shape index (κ3) is 4.90. The molecule has 2 aromatic carbocycles. The molecular weight excluding hydrogens is 275 g/mol. The molecule has 0 atom stereocenters. The minimum Gasteiger partial charge on any atom is -0.494 e. The van der Waals surface area contributed by atoms with Crippen LogP contribution >= 0.6 is 0 Å². The number of hydrogen-bond donors (Lipinski definition) is 2. The Hall–Kier alpha value is -1.78. The molecule has 0 aliphatic rings. The maximum Gasteiger partial charge on any atom is 0.488 e. The van der Waals surface area contributed by atoms with Crippen molar-refractivity contribution in [2.45, 2.75) is 32.6 Å². The molecule has 0 saturated heterocycles. The van der Waals surface area contributed by atoms with Crippen molar-refractivity contribution in [1.82, 2.24) is 0 Å². The van der Waals surface area contributed by atoms with Crippen LogP contribution in [0.3, 0.4) is 0 Å². The van der Waals surface area contributed by atoms with Crippen LogP contribution in [-0.4, -0.2) is 23.8 Å². The van der Waals surface area contributed by atoms with Crippen molar-refractivity contribution < 1.29 is 14.8 Å². The summed E-state index contributed by atoms with van der Waals surface area (Å²) in [5.41, 5.74) is 2.62. The molecule has 0 heterocycles. The van der Waals surface area contributed by atoms with E-state index in [1.807, 2.05) is 36.4 Å². The van der Waals surface area contributed by atoms with Crippen LogP contribution in [0.5, 0.6) is 5.75 Å². The van der Waals surface area contributed by atoms with Gasteiger partial charge in [0.2, 0.25) is 0 Å². The van der Waals surface area contributed by atoms with Crippen molar-refractivity contribution in [3.63, 3.8) is 0 Å². The highest BCUT2D eigenvalue weighted by atomic mass is 16.5. The molecule has 2 aromatic rings. The highest BCUT2D eigenvalue weighted by Gasteiger charge is 2.10. The molecule has 22 heavy (non-hydrogen) atoms. The van der Waals surface area contributed by atoms with Gasteiger partial charge in [-0.2, -0.15) is 0 Å². The second kappa shape index (κ2) is 8.62. The van der Waals surface area contributed by atoms with Crippen LogP contribution in [0.4, 0.5) is 0 Å². The summed E-state index contributed by atoms with van der Waals surface area (Å²) in [5.74, 6) is 0.891. The summed E-state index contributed by atoms with van der Waals surface area (Å²) in [6.07, 6.45) is 4.82. The zero-order valence-electron chi connectivity index (χ0n) is 13.0. The van der Waals surface area contributed by atoms with Gasteiger partial charge in [-0.15, -0.1) is 0 Å². The first-order chi connectivity index (χ1) is 10.7. The van der Waals surface area contributed by atoms with E-state index in [0.29, 0.717) is 5.46 Å². The molecule has 0 aliphatic heterocycles. The van der Waals surface area contributed by atoms with E-state index in [9.17, 15) is 0 Å². The highest BCUT2D eigenvalue weighted by Crippen LogP contribution is 2.22. The summed E-state index contributed by atoms with van der Waals surface area (Å²) >= 11 is 0. The Morgan fingerprint density at radius 2 is 1.41 bits per heavy atom. The Kier molecular flexibility index (Phi) is 6.50. The summed E-state index contributed by atoms with van der Waals surface area (Å²) in [5, 5.41) is 18.2. The quantitative estimate of drug-likeness (QED) is 0.582. The van der Waals surface area contributed by atoms with Gasteiger partial charge in [-0.1, -0.05) is 62.6 Å². The average Bonchev–Trinajstić information content (AvgIpc) is 2.55. The van der Waals surface area contributed by atoms with Crippen LogP contribution in [-0.2, 0) is 0 Å². The largest absolute Gasteiger partial charge is 0.494 e. The summed E-state index contributed by atoms with van der Waals surface area (Å²) in [6.45, 7) is 2.97. The summed E-state index contributed by atoms with van der Waals surface area (Å²) in [6, 6.07) is 15.2. The Morgan fingerprint density at radius 3 is 1.95 bits per heavy atom. The molecular formula is C18H23BO3. The zero-order valence-corrected chi connectivity index (χ0v) is 13.0. The topological polar surface area (TPSA) is 49.7 Å². The summed E-state index contributed by atoms with van der Waals surface area (Å²) in [4.78, 5) is 0. The molecule has 2 N–H and O–H groups in total.